The van der Waals surface area contributed by atoms with Gasteiger partial charge in [-0.25, -0.2) is 8.42 Å². The van der Waals surface area contributed by atoms with Gasteiger partial charge in [0, 0.05) is 25.3 Å². The molecular formula is C22H27N3O4S2. The van der Waals surface area contributed by atoms with Crippen molar-refractivity contribution >= 4 is 38.9 Å². The molecule has 0 spiro atoms. The van der Waals surface area contributed by atoms with E-state index < -0.39 is 10.0 Å². The van der Waals surface area contributed by atoms with Crippen LogP contribution >= 0.6 is 11.3 Å². The van der Waals surface area contributed by atoms with Crippen molar-refractivity contribution in [2.45, 2.75) is 37.5 Å². The molecule has 2 heterocycles. The topological polar surface area (TPSA) is 95.6 Å². The number of carbonyl (C=O) groups is 2. The second-order valence-electron chi connectivity index (χ2n) is 8.36. The monoisotopic (exact) mass is 461 g/mol. The highest BCUT2D eigenvalue weighted by Crippen LogP contribution is 2.29. The van der Waals surface area contributed by atoms with Crippen molar-refractivity contribution in [3.8, 4) is 0 Å². The van der Waals surface area contributed by atoms with Gasteiger partial charge in [0.05, 0.1) is 5.92 Å². The van der Waals surface area contributed by atoms with Crippen molar-refractivity contribution in [2.24, 2.45) is 11.8 Å². The Hall–Kier alpha value is -2.39. The van der Waals surface area contributed by atoms with Crippen molar-refractivity contribution in [2.75, 3.05) is 24.4 Å². The lowest BCUT2D eigenvalue weighted by atomic mass is 9.97. The first-order chi connectivity index (χ1) is 14.8. The zero-order chi connectivity index (χ0) is 22.0. The van der Waals surface area contributed by atoms with Gasteiger partial charge in [0.1, 0.15) is 9.77 Å². The fourth-order valence-corrected chi connectivity index (χ4v) is 6.18. The minimum Gasteiger partial charge on any atom is -0.356 e. The minimum absolute atomic E-state index is 0.00976. The van der Waals surface area contributed by atoms with Gasteiger partial charge in [-0.15, -0.1) is 11.3 Å². The van der Waals surface area contributed by atoms with Gasteiger partial charge < -0.3 is 10.2 Å². The molecule has 2 aromatic rings. The Bertz CT molecular complexity index is 1060. The van der Waals surface area contributed by atoms with Crippen LogP contribution < -0.4 is 10.0 Å². The summed E-state index contributed by atoms with van der Waals surface area (Å²) in [6.45, 7) is 3.47. The first kappa shape index (κ1) is 21.8. The molecule has 1 aromatic carbocycles. The Morgan fingerprint density at radius 3 is 2.58 bits per heavy atom. The van der Waals surface area contributed by atoms with Crippen molar-refractivity contribution < 1.29 is 18.0 Å². The number of anilines is 1. The summed E-state index contributed by atoms with van der Waals surface area (Å²) in [5, 5.41) is 4.61. The average Bonchev–Trinajstić information content (AvgIpc) is 3.45. The highest BCUT2D eigenvalue weighted by Gasteiger charge is 2.33. The van der Waals surface area contributed by atoms with E-state index in [2.05, 4.69) is 10.0 Å². The van der Waals surface area contributed by atoms with Crippen LogP contribution in [0.5, 0.6) is 0 Å². The summed E-state index contributed by atoms with van der Waals surface area (Å²) in [7, 11) is -3.90. The molecule has 2 amide bonds. The molecule has 2 fully saturated rings. The molecular weight excluding hydrogens is 434 g/mol. The Kier molecular flexibility index (Phi) is 6.34. The number of hydrogen-bond donors (Lipinski definition) is 2. The minimum atomic E-state index is -3.90. The molecule has 0 bridgehead atoms. The number of piperidine rings is 1. The molecule has 166 valence electrons. The molecule has 7 nitrogen and oxygen atoms in total. The lowest BCUT2D eigenvalue weighted by molar-refractivity contribution is -0.126. The van der Waals surface area contributed by atoms with Crippen LogP contribution in [-0.4, -0.2) is 44.8 Å². The quantitative estimate of drug-likeness (QED) is 0.662. The normalized spacial score (nSPS) is 19.1. The lowest BCUT2D eigenvalue weighted by Crippen LogP contribution is -2.45. The molecule has 1 unspecified atom stereocenters. The van der Waals surface area contributed by atoms with Crippen molar-refractivity contribution in [1.29, 1.82) is 0 Å². The van der Waals surface area contributed by atoms with E-state index in [1.54, 1.807) is 22.4 Å². The van der Waals surface area contributed by atoms with E-state index in [-0.39, 0.29) is 27.5 Å². The Balaban J connectivity index is 1.46. The number of aryl methyl sites for hydroxylation is 1. The molecule has 1 aromatic heterocycles. The summed E-state index contributed by atoms with van der Waals surface area (Å²) in [4.78, 5) is 27.4. The standard InChI is InChI=1S/C22H27N3O4S2/c1-15-4-8-18(9-5-15)24-31(28,29)19-10-12-30-20(19)22(27)25-11-2-3-17(14-25)21(26)23-13-16-6-7-16/h4-5,8-10,12,16-17,24H,2-3,6-7,11,13-14H2,1H3,(H,23,26). The second-order valence-corrected chi connectivity index (χ2v) is 10.9. The smallest absolute Gasteiger partial charge is 0.265 e. The molecule has 4 rings (SSSR count). The molecule has 1 atom stereocenters. The highest BCUT2D eigenvalue weighted by atomic mass is 32.2. The third-order valence-corrected chi connectivity index (χ3v) is 8.21. The summed E-state index contributed by atoms with van der Waals surface area (Å²) < 4.78 is 28.4. The van der Waals surface area contributed by atoms with E-state index in [9.17, 15) is 18.0 Å². The van der Waals surface area contributed by atoms with Crippen molar-refractivity contribution in [3.05, 3.63) is 46.2 Å². The van der Waals surface area contributed by atoms with E-state index in [0.717, 1.165) is 29.7 Å². The number of nitrogens with zero attached hydrogens (tertiary/aromatic N) is 1. The largest absolute Gasteiger partial charge is 0.356 e. The average molecular weight is 462 g/mol. The van der Waals surface area contributed by atoms with Crippen LogP contribution in [-0.2, 0) is 14.8 Å². The summed E-state index contributed by atoms with van der Waals surface area (Å²) in [6.07, 6.45) is 3.80. The number of benzene rings is 1. The van der Waals surface area contributed by atoms with Gasteiger partial charge in [0.25, 0.3) is 15.9 Å². The van der Waals surface area contributed by atoms with Crippen molar-refractivity contribution in [1.82, 2.24) is 10.2 Å². The van der Waals surface area contributed by atoms with Gasteiger partial charge >= 0.3 is 0 Å². The third-order valence-electron chi connectivity index (χ3n) is 5.76. The van der Waals surface area contributed by atoms with Gasteiger partial charge in [-0.2, -0.15) is 0 Å². The molecule has 2 aliphatic rings. The Morgan fingerprint density at radius 2 is 1.87 bits per heavy atom. The van der Waals surface area contributed by atoms with Gasteiger partial charge in [0.2, 0.25) is 5.91 Å². The Morgan fingerprint density at radius 1 is 1.13 bits per heavy atom. The number of carbonyl (C=O) groups excluding carboxylic acids is 2. The van der Waals surface area contributed by atoms with Crippen LogP contribution in [0.2, 0.25) is 0 Å². The van der Waals surface area contributed by atoms with Gasteiger partial charge in [-0.1, -0.05) is 17.7 Å². The summed E-state index contributed by atoms with van der Waals surface area (Å²) in [5.41, 5.74) is 1.47. The van der Waals surface area contributed by atoms with E-state index >= 15 is 0 Å². The summed E-state index contributed by atoms with van der Waals surface area (Å²) >= 11 is 1.11. The predicted octanol–water partition coefficient (Wildman–Crippen LogP) is 3.24. The predicted molar refractivity (Wildman–Crippen MR) is 121 cm³/mol. The number of rotatable bonds is 7. The first-order valence-corrected chi connectivity index (χ1v) is 12.9. The Labute approximate surface area is 186 Å². The molecule has 9 heteroatoms. The van der Waals surface area contributed by atoms with Crippen LogP contribution in [0.1, 0.15) is 40.9 Å². The highest BCUT2D eigenvalue weighted by molar-refractivity contribution is 7.93. The molecule has 1 aliphatic carbocycles. The number of likely N-dealkylation sites (tertiary alicyclic amines) is 1. The van der Waals surface area contributed by atoms with E-state index in [0.29, 0.717) is 31.2 Å². The zero-order valence-corrected chi connectivity index (χ0v) is 19.1. The number of sulfonamides is 1. The van der Waals surface area contributed by atoms with E-state index in [1.807, 2.05) is 19.1 Å². The molecule has 1 aliphatic heterocycles. The van der Waals surface area contributed by atoms with Crippen molar-refractivity contribution in [3.63, 3.8) is 0 Å². The van der Waals surface area contributed by atoms with Gasteiger partial charge in [0.15, 0.2) is 0 Å². The van der Waals surface area contributed by atoms with Crippen LogP contribution in [0, 0.1) is 18.8 Å². The fourth-order valence-electron chi connectivity index (χ4n) is 3.73. The fraction of sp³-hybridized carbons (Fsp3) is 0.455. The number of thiophene rings is 1. The molecule has 31 heavy (non-hydrogen) atoms. The zero-order valence-electron chi connectivity index (χ0n) is 17.5. The maximum Gasteiger partial charge on any atom is 0.265 e. The van der Waals surface area contributed by atoms with Gasteiger partial charge in [-0.3, -0.25) is 14.3 Å². The SMILES string of the molecule is Cc1ccc(NS(=O)(=O)c2ccsc2C(=O)N2CCCC(C(=O)NCC3CC3)C2)cc1. The van der Waals surface area contributed by atoms with Gasteiger partial charge in [-0.05, 0) is 62.1 Å². The summed E-state index contributed by atoms with van der Waals surface area (Å²) in [6, 6.07) is 8.48. The molecule has 1 saturated heterocycles. The lowest BCUT2D eigenvalue weighted by Gasteiger charge is -2.32. The maximum absolute atomic E-state index is 13.2. The van der Waals surface area contributed by atoms with Crippen LogP contribution in [0.25, 0.3) is 0 Å². The number of nitrogens with one attached hydrogen (secondary N) is 2. The maximum atomic E-state index is 13.2. The first-order valence-electron chi connectivity index (χ1n) is 10.6. The number of amides is 2. The molecule has 0 radical (unpaired) electrons. The molecule has 1 saturated carbocycles. The number of hydrogen-bond acceptors (Lipinski definition) is 5. The van der Waals surface area contributed by atoms with Crippen LogP contribution in [0.3, 0.4) is 0 Å². The van der Waals surface area contributed by atoms with Crippen LogP contribution in [0.15, 0.2) is 40.6 Å². The molecule has 2 N–H and O–H groups in total. The van der Waals surface area contributed by atoms with Crippen LogP contribution in [0.4, 0.5) is 5.69 Å². The van der Waals surface area contributed by atoms with E-state index in [1.165, 1.54) is 18.9 Å². The third kappa shape index (κ3) is 5.27. The second kappa shape index (κ2) is 9.00. The summed E-state index contributed by atoms with van der Waals surface area (Å²) in [5.74, 6) is 0.00998. The van der Waals surface area contributed by atoms with E-state index in [4.69, 9.17) is 0 Å².